The van der Waals surface area contributed by atoms with Crippen LogP contribution in [0, 0.1) is 0 Å². The average Bonchev–Trinajstić information content (AvgIpc) is 3.07. The third-order valence-corrected chi connectivity index (χ3v) is 8.28. The molecule has 0 amide bonds. The Bertz CT molecular complexity index is 2090. The molecule has 0 spiro atoms. The van der Waals surface area contributed by atoms with E-state index in [9.17, 15) is 0 Å². The minimum Gasteiger partial charge on any atom is -0.371 e. The van der Waals surface area contributed by atoms with Gasteiger partial charge >= 0.3 is 0 Å². The maximum absolute atomic E-state index is 5.19. The molecule has 1 atom stereocenters. The SMILES string of the molecule is C1=CC2=NC(c3ccc(-c4ccc5ccccc5c4)cc3)=C(c3ccc(-c4ccc5ccccc5c4)cc3)NC2C=C1. The predicted octanol–water partition coefficient (Wildman–Crippen LogP) is 9.69. The van der Waals surface area contributed by atoms with Gasteiger partial charge in [-0.1, -0.05) is 140 Å². The van der Waals surface area contributed by atoms with E-state index >= 15 is 0 Å². The van der Waals surface area contributed by atoms with Crippen LogP contribution in [0.3, 0.4) is 0 Å². The van der Waals surface area contributed by atoms with E-state index in [1.54, 1.807) is 0 Å². The molecule has 0 fully saturated rings. The zero-order valence-corrected chi connectivity index (χ0v) is 23.0. The largest absolute Gasteiger partial charge is 0.371 e. The number of rotatable bonds is 4. The van der Waals surface area contributed by atoms with Crippen molar-refractivity contribution >= 4 is 38.7 Å². The molecule has 2 heteroatoms. The lowest BCUT2D eigenvalue weighted by atomic mass is 9.95. The topological polar surface area (TPSA) is 24.4 Å². The minimum absolute atomic E-state index is 0.0609. The molecule has 6 aromatic rings. The van der Waals surface area contributed by atoms with E-state index in [-0.39, 0.29) is 6.04 Å². The lowest BCUT2D eigenvalue weighted by Gasteiger charge is -2.28. The molecule has 0 saturated heterocycles. The standard InChI is InChI=1S/C40H28N2/c1-3-9-33-25-35(23-17-27(33)7-1)29-13-19-31(20-14-29)39-40(42-38-12-6-5-11-37(38)41-39)32-21-15-30(16-22-32)36-24-18-28-8-2-4-10-34(28)26-36/h1-26,37,41H. The summed E-state index contributed by atoms with van der Waals surface area (Å²) in [6, 6.07) is 48.0. The first kappa shape index (κ1) is 24.3. The van der Waals surface area contributed by atoms with E-state index in [2.05, 4.69) is 163 Å². The van der Waals surface area contributed by atoms with Crippen molar-refractivity contribution in [1.82, 2.24) is 5.32 Å². The van der Waals surface area contributed by atoms with Crippen molar-refractivity contribution in [2.24, 2.45) is 4.99 Å². The summed E-state index contributed by atoms with van der Waals surface area (Å²) in [7, 11) is 0. The zero-order valence-electron chi connectivity index (χ0n) is 23.0. The predicted molar refractivity (Wildman–Crippen MR) is 178 cm³/mol. The van der Waals surface area contributed by atoms with Gasteiger partial charge in [-0.2, -0.15) is 0 Å². The van der Waals surface area contributed by atoms with Gasteiger partial charge in [0, 0.05) is 5.56 Å². The van der Waals surface area contributed by atoms with Crippen LogP contribution in [0.4, 0.5) is 0 Å². The summed E-state index contributed by atoms with van der Waals surface area (Å²) in [5.41, 5.74) is 10.1. The highest BCUT2D eigenvalue weighted by molar-refractivity contribution is 6.10. The third-order valence-electron chi connectivity index (χ3n) is 8.28. The summed E-state index contributed by atoms with van der Waals surface area (Å²) in [6.07, 6.45) is 8.41. The molecule has 6 aromatic carbocycles. The number of hydrogen-bond acceptors (Lipinski definition) is 2. The Morgan fingerprint density at radius 2 is 0.952 bits per heavy atom. The molecule has 198 valence electrons. The van der Waals surface area contributed by atoms with Crippen molar-refractivity contribution in [2.45, 2.75) is 6.04 Å². The molecule has 2 aliphatic rings. The van der Waals surface area contributed by atoms with Gasteiger partial charge in [0.05, 0.1) is 23.1 Å². The van der Waals surface area contributed by atoms with Gasteiger partial charge < -0.3 is 5.32 Å². The Morgan fingerprint density at radius 3 is 1.55 bits per heavy atom. The molecule has 1 unspecified atom stereocenters. The molecule has 0 radical (unpaired) electrons. The number of benzene rings is 6. The highest BCUT2D eigenvalue weighted by Gasteiger charge is 2.24. The number of nitrogens with zero attached hydrogens (tertiary/aromatic N) is 1. The molecule has 1 aliphatic heterocycles. The number of nitrogens with one attached hydrogen (secondary N) is 1. The zero-order chi connectivity index (χ0) is 27.9. The van der Waals surface area contributed by atoms with Gasteiger partial charge in [-0.25, -0.2) is 4.99 Å². The van der Waals surface area contributed by atoms with Crippen LogP contribution in [0.25, 0.3) is 55.2 Å². The van der Waals surface area contributed by atoms with Crippen molar-refractivity contribution in [1.29, 1.82) is 0 Å². The summed E-state index contributed by atoms with van der Waals surface area (Å²) in [5, 5.41) is 8.80. The Balaban J connectivity index is 1.17. The van der Waals surface area contributed by atoms with Crippen LogP contribution in [0.2, 0.25) is 0 Å². The molecule has 1 heterocycles. The highest BCUT2D eigenvalue weighted by Crippen LogP contribution is 2.34. The van der Waals surface area contributed by atoms with Crippen molar-refractivity contribution in [2.75, 3.05) is 0 Å². The quantitative estimate of drug-likeness (QED) is 0.238. The van der Waals surface area contributed by atoms with E-state index < -0.39 is 0 Å². The number of fused-ring (bicyclic) bond motifs is 3. The molecule has 2 nitrogen and oxygen atoms in total. The van der Waals surface area contributed by atoms with Crippen molar-refractivity contribution in [3.05, 3.63) is 169 Å². The molecular formula is C40H28N2. The fourth-order valence-corrected chi connectivity index (χ4v) is 5.99. The van der Waals surface area contributed by atoms with Crippen molar-refractivity contribution < 1.29 is 0 Å². The van der Waals surface area contributed by atoms with Crippen LogP contribution in [-0.2, 0) is 0 Å². The number of aliphatic imine (C=N–C) groups is 1. The second-order valence-corrected chi connectivity index (χ2v) is 10.9. The van der Waals surface area contributed by atoms with Crippen LogP contribution in [0.1, 0.15) is 11.1 Å². The summed E-state index contributed by atoms with van der Waals surface area (Å²) >= 11 is 0. The number of allylic oxidation sites excluding steroid dienone is 2. The van der Waals surface area contributed by atoms with E-state index in [1.165, 1.54) is 43.8 Å². The van der Waals surface area contributed by atoms with E-state index in [0.717, 1.165) is 28.2 Å². The molecular weight excluding hydrogens is 508 g/mol. The Hall–Kier alpha value is -5.47. The van der Waals surface area contributed by atoms with Gasteiger partial charge in [-0.3, -0.25) is 0 Å². The lowest BCUT2D eigenvalue weighted by Crippen LogP contribution is -2.37. The fraction of sp³-hybridized carbons (Fsp3) is 0.0250. The first-order chi connectivity index (χ1) is 20.8. The van der Waals surface area contributed by atoms with Crippen LogP contribution < -0.4 is 5.32 Å². The molecule has 1 N–H and O–H groups in total. The molecule has 0 bridgehead atoms. The first-order valence-corrected chi connectivity index (χ1v) is 14.4. The molecule has 0 aromatic heterocycles. The van der Waals surface area contributed by atoms with Gasteiger partial charge in [0.25, 0.3) is 0 Å². The van der Waals surface area contributed by atoms with Crippen LogP contribution >= 0.6 is 0 Å². The molecule has 8 rings (SSSR count). The van der Waals surface area contributed by atoms with Crippen molar-refractivity contribution in [3.8, 4) is 22.3 Å². The minimum atomic E-state index is 0.0609. The highest BCUT2D eigenvalue weighted by atomic mass is 15.0. The second-order valence-electron chi connectivity index (χ2n) is 10.9. The molecule has 0 saturated carbocycles. The van der Waals surface area contributed by atoms with Crippen LogP contribution in [0.5, 0.6) is 0 Å². The second kappa shape index (κ2) is 10.2. The molecule has 42 heavy (non-hydrogen) atoms. The Labute approximate surface area is 245 Å². The lowest BCUT2D eigenvalue weighted by molar-refractivity contribution is 0.882. The van der Waals surface area contributed by atoms with E-state index in [0.29, 0.717) is 0 Å². The van der Waals surface area contributed by atoms with Gasteiger partial charge in [-0.05, 0) is 67.6 Å². The van der Waals surface area contributed by atoms with Gasteiger partial charge in [0.2, 0.25) is 0 Å². The van der Waals surface area contributed by atoms with E-state index in [1.807, 2.05) is 0 Å². The van der Waals surface area contributed by atoms with Gasteiger partial charge in [0.15, 0.2) is 0 Å². The van der Waals surface area contributed by atoms with Crippen LogP contribution in [0.15, 0.2) is 163 Å². The van der Waals surface area contributed by atoms with Crippen LogP contribution in [-0.4, -0.2) is 11.8 Å². The van der Waals surface area contributed by atoms with Crippen molar-refractivity contribution in [3.63, 3.8) is 0 Å². The Morgan fingerprint density at radius 1 is 0.452 bits per heavy atom. The number of hydrogen-bond donors (Lipinski definition) is 1. The summed E-state index contributed by atoms with van der Waals surface area (Å²) in [5.74, 6) is 0. The summed E-state index contributed by atoms with van der Waals surface area (Å²) < 4.78 is 0. The normalized spacial score (nSPS) is 15.9. The summed E-state index contributed by atoms with van der Waals surface area (Å²) in [6.45, 7) is 0. The third kappa shape index (κ3) is 4.44. The Kier molecular flexibility index (Phi) is 5.89. The first-order valence-electron chi connectivity index (χ1n) is 14.4. The van der Waals surface area contributed by atoms with E-state index in [4.69, 9.17) is 4.99 Å². The smallest absolute Gasteiger partial charge is 0.0944 e. The maximum atomic E-state index is 5.19. The monoisotopic (exact) mass is 536 g/mol. The fourth-order valence-electron chi connectivity index (χ4n) is 5.99. The average molecular weight is 537 g/mol. The summed E-state index contributed by atoms with van der Waals surface area (Å²) in [4.78, 5) is 5.19. The maximum Gasteiger partial charge on any atom is 0.0944 e. The molecule has 1 aliphatic carbocycles. The van der Waals surface area contributed by atoms with Gasteiger partial charge in [0.1, 0.15) is 0 Å². The van der Waals surface area contributed by atoms with Gasteiger partial charge in [-0.15, -0.1) is 0 Å².